The largest absolute Gasteiger partial charge is 0.320 e. The van der Waals surface area contributed by atoms with E-state index in [0.29, 0.717) is 11.3 Å². The lowest BCUT2D eigenvalue weighted by atomic mass is 10.1. The highest BCUT2D eigenvalue weighted by Gasteiger charge is 2.20. The molecule has 28 heavy (non-hydrogen) atoms. The first-order valence-corrected chi connectivity index (χ1v) is 9.12. The number of carbonyl (C=O) groups is 1. The van der Waals surface area contributed by atoms with Gasteiger partial charge in [0.05, 0.1) is 17.0 Å². The van der Waals surface area contributed by atoms with Crippen molar-refractivity contribution in [1.29, 1.82) is 0 Å². The van der Waals surface area contributed by atoms with Crippen LogP contribution in [0.4, 0.5) is 5.69 Å². The Bertz CT molecular complexity index is 1190. The Labute approximate surface area is 163 Å². The van der Waals surface area contributed by atoms with Crippen LogP contribution >= 0.6 is 0 Å². The fourth-order valence-corrected chi connectivity index (χ4v) is 3.40. The van der Waals surface area contributed by atoms with Crippen molar-refractivity contribution in [3.05, 3.63) is 76.7 Å². The minimum Gasteiger partial charge on any atom is -0.320 e. The van der Waals surface area contributed by atoms with Crippen LogP contribution in [0.3, 0.4) is 0 Å². The fraction of sp³-hybridized carbons (Fsp3) is 0.182. The predicted molar refractivity (Wildman–Crippen MR) is 110 cm³/mol. The van der Waals surface area contributed by atoms with Crippen molar-refractivity contribution in [2.45, 2.75) is 27.7 Å². The Balaban J connectivity index is 1.75. The van der Waals surface area contributed by atoms with E-state index in [1.54, 1.807) is 4.52 Å². The average molecular weight is 371 g/mol. The number of aryl methyl sites for hydroxylation is 4. The molecule has 0 atom stereocenters. The molecule has 0 spiro atoms. The van der Waals surface area contributed by atoms with Crippen molar-refractivity contribution in [2.75, 3.05) is 5.32 Å². The Morgan fingerprint density at radius 3 is 2.43 bits per heavy atom. The van der Waals surface area contributed by atoms with E-state index in [9.17, 15) is 4.79 Å². The minimum absolute atomic E-state index is 0.259. The third-order valence-electron chi connectivity index (χ3n) is 4.85. The maximum Gasteiger partial charge on any atom is 0.278 e. The van der Waals surface area contributed by atoms with E-state index in [1.165, 1.54) is 0 Å². The molecule has 1 amide bonds. The van der Waals surface area contributed by atoms with E-state index < -0.39 is 0 Å². The average Bonchev–Trinajstić information content (AvgIpc) is 3.02. The second kappa shape index (κ2) is 6.88. The molecule has 6 nitrogen and oxygen atoms in total. The summed E-state index contributed by atoms with van der Waals surface area (Å²) in [6.07, 6.45) is 0. The first-order chi connectivity index (χ1) is 13.5. The SMILES string of the molecule is Cc1ccc(NC(=O)c2nnc3c(-c4ccccc4)c(C)nn3c2C)c(C)c1. The first-order valence-electron chi connectivity index (χ1n) is 9.12. The van der Waals surface area contributed by atoms with E-state index in [2.05, 4.69) is 20.6 Å². The highest BCUT2D eigenvalue weighted by atomic mass is 16.2. The van der Waals surface area contributed by atoms with Crippen LogP contribution in [0.25, 0.3) is 16.8 Å². The van der Waals surface area contributed by atoms with Crippen molar-refractivity contribution in [3.63, 3.8) is 0 Å². The molecule has 0 aliphatic carbocycles. The van der Waals surface area contributed by atoms with Crippen LogP contribution in [-0.2, 0) is 0 Å². The van der Waals surface area contributed by atoms with E-state index in [0.717, 1.165) is 33.6 Å². The molecule has 2 aromatic heterocycles. The van der Waals surface area contributed by atoms with Gasteiger partial charge in [-0.2, -0.15) is 5.10 Å². The van der Waals surface area contributed by atoms with Gasteiger partial charge in [-0.1, -0.05) is 48.0 Å². The van der Waals surface area contributed by atoms with Gasteiger partial charge in [0, 0.05) is 5.69 Å². The zero-order valence-corrected chi connectivity index (χ0v) is 16.3. The zero-order chi connectivity index (χ0) is 19.8. The van der Waals surface area contributed by atoms with Crippen molar-refractivity contribution >= 4 is 17.2 Å². The van der Waals surface area contributed by atoms with E-state index >= 15 is 0 Å². The Morgan fingerprint density at radius 2 is 1.71 bits per heavy atom. The van der Waals surface area contributed by atoms with Gasteiger partial charge in [-0.25, -0.2) is 4.52 Å². The highest BCUT2D eigenvalue weighted by Crippen LogP contribution is 2.27. The third-order valence-corrected chi connectivity index (χ3v) is 4.85. The molecule has 0 saturated carbocycles. The van der Waals surface area contributed by atoms with Crippen LogP contribution in [0.15, 0.2) is 48.5 Å². The summed E-state index contributed by atoms with van der Waals surface area (Å²) in [6.45, 7) is 7.76. The van der Waals surface area contributed by atoms with Crippen molar-refractivity contribution in [3.8, 4) is 11.1 Å². The predicted octanol–water partition coefficient (Wildman–Crippen LogP) is 4.28. The van der Waals surface area contributed by atoms with Gasteiger partial charge in [-0.3, -0.25) is 4.79 Å². The van der Waals surface area contributed by atoms with Crippen LogP contribution < -0.4 is 5.32 Å². The van der Waals surface area contributed by atoms with Crippen LogP contribution in [-0.4, -0.2) is 25.7 Å². The van der Waals surface area contributed by atoms with E-state index in [1.807, 2.05) is 76.2 Å². The lowest BCUT2D eigenvalue weighted by Gasteiger charge is -2.10. The molecule has 0 unspecified atom stereocenters. The van der Waals surface area contributed by atoms with Gasteiger partial charge < -0.3 is 5.32 Å². The number of benzene rings is 2. The number of amides is 1. The molecule has 0 fully saturated rings. The van der Waals surface area contributed by atoms with E-state index in [-0.39, 0.29) is 11.6 Å². The molecule has 140 valence electrons. The standard InChI is InChI=1S/C22H21N5O/c1-13-10-11-18(14(2)12-13)23-22(28)20-16(4)27-21(25-24-20)19(15(3)26-27)17-8-6-5-7-9-17/h5-12H,1-4H3,(H,23,28). The summed E-state index contributed by atoms with van der Waals surface area (Å²) in [5, 5.41) is 16.1. The lowest BCUT2D eigenvalue weighted by Crippen LogP contribution is -2.19. The quantitative estimate of drug-likeness (QED) is 0.583. The van der Waals surface area contributed by atoms with Gasteiger partial charge in [0.2, 0.25) is 0 Å². The fourth-order valence-electron chi connectivity index (χ4n) is 3.40. The maximum absolute atomic E-state index is 12.8. The van der Waals surface area contributed by atoms with Crippen molar-refractivity contribution in [1.82, 2.24) is 19.8 Å². The van der Waals surface area contributed by atoms with Crippen LogP contribution in [0.1, 0.15) is 33.0 Å². The lowest BCUT2D eigenvalue weighted by molar-refractivity contribution is 0.102. The second-order valence-electron chi connectivity index (χ2n) is 6.97. The van der Waals surface area contributed by atoms with Crippen molar-refractivity contribution in [2.24, 2.45) is 0 Å². The topological polar surface area (TPSA) is 72.2 Å². The molecular formula is C22H21N5O. The number of aromatic nitrogens is 4. The van der Waals surface area contributed by atoms with Crippen molar-refractivity contribution < 1.29 is 4.79 Å². The number of nitrogens with zero attached hydrogens (tertiary/aromatic N) is 4. The van der Waals surface area contributed by atoms with Gasteiger partial charge >= 0.3 is 0 Å². The van der Waals surface area contributed by atoms with Gasteiger partial charge in [-0.15, -0.1) is 10.2 Å². The minimum atomic E-state index is -0.298. The highest BCUT2D eigenvalue weighted by molar-refractivity contribution is 6.04. The molecule has 0 saturated heterocycles. The zero-order valence-electron chi connectivity index (χ0n) is 16.3. The number of hydrogen-bond donors (Lipinski definition) is 1. The second-order valence-corrected chi connectivity index (χ2v) is 6.97. The summed E-state index contributed by atoms with van der Waals surface area (Å²) in [5.74, 6) is -0.298. The number of rotatable bonds is 3. The molecule has 6 heteroatoms. The molecule has 0 radical (unpaired) electrons. The molecule has 0 aliphatic heterocycles. The van der Waals surface area contributed by atoms with Gasteiger partial charge in [0.1, 0.15) is 0 Å². The Morgan fingerprint density at radius 1 is 0.964 bits per heavy atom. The summed E-state index contributed by atoms with van der Waals surface area (Å²) in [6, 6.07) is 15.8. The molecular weight excluding hydrogens is 350 g/mol. The number of fused-ring (bicyclic) bond motifs is 1. The molecule has 0 aliphatic rings. The molecule has 1 N–H and O–H groups in total. The molecule has 4 aromatic rings. The summed E-state index contributed by atoms with van der Waals surface area (Å²) in [7, 11) is 0. The Kier molecular flexibility index (Phi) is 4.39. The van der Waals surface area contributed by atoms with Gasteiger partial charge in [-0.05, 0) is 44.9 Å². The molecule has 4 rings (SSSR count). The number of anilines is 1. The first kappa shape index (κ1) is 17.9. The number of nitrogens with one attached hydrogen (secondary N) is 1. The molecule has 0 bridgehead atoms. The summed E-state index contributed by atoms with van der Waals surface area (Å²) in [4.78, 5) is 12.8. The van der Waals surface area contributed by atoms with Crippen LogP contribution in [0.5, 0.6) is 0 Å². The van der Waals surface area contributed by atoms with Crippen LogP contribution in [0, 0.1) is 27.7 Å². The Hall–Kier alpha value is -3.54. The summed E-state index contributed by atoms with van der Waals surface area (Å²) >= 11 is 0. The number of carbonyl (C=O) groups excluding carboxylic acids is 1. The summed E-state index contributed by atoms with van der Waals surface area (Å²) < 4.78 is 1.70. The van der Waals surface area contributed by atoms with Gasteiger partial charge in [0.25, 0.3) is 5.91 Å². The molecule has 2 heterocycles. The maximum atomic E-state index is 12.8. The number of hydrogen-bond acceptors (Lipinski definition) is 4. The molecule has 2 aromatic carbocycles. The smallest absolute Gasteiger partial charge is 0.278 e. The third kappa shape index (κ3) is 3.03. The summed E-state index contributed by atoms with van der Waals surface area (Å²) in [5.41, 5.74) is 7.26. The van der Waals surface area contributed by atoms with E-state index in [4.69, 9.17) is 0 Å². The normalized spacial score (nSPS) is 11.0. The van der Waals surface area contributed by atoms with Crippen LogP contribution in [0.2, 0.25) is 0 Å². The monoisotopic (exact) mass is 371 g/mol. The van der Waals surface area contributed by atoms with Gasteiger partial charge in [0.15, 0.2) is 11.3 Å².